The molecule has 1 heterocycles. The molecule has 28 heavy (non-hydrogen) atoms. The predicted octanol–water partition coefficient (Wildman–Crippen LogP) is 3.34. The van der Waals surface area contributed by atoms with Gasteiger partial charge in [-0.25, -0.2) is 16.8 Å². The first kappa shape index (κ1) is 21.3. The second-order valence-electron chi connectivity index (χ2n) is 6.82. The van der Waals surface area contributed by atoms with Crippen LogP contribution in [0.1, 0.15) is 24.8 Å². The van der Waals surface area contributed by atoms with Gasteiger partial charge in [-0.1, -0.05) is 30.2 Å². The molecule has 1 saturated heterocycles. The maximum absolute atomic E-state index is 12.8. The van der Waals surface area contributed by atoms with Crippen molar-refractivity contribution in [1.29, 1.82) is 0 Å². The number of piperidine rings is 1. The van der Waals surface area contributed by atoms with E-state index in [1.165, 1.54) is 39.9 Å². The van der Waals surface area contributed by atoms with Crippen molar-refractivity contribution < 1.29 is 16.8 Å². The first-order valence-electron chi connectivity index (χ1n) is 9.02. The van der Waals surface area contributed by atoms with E-state index >= 15 is 0 Å². The highest BCUT2D eigenvalue weighted by molar-refractivity contribution is 7.89. The molecule has 0 bridgehead atoms. The van der Waals surface area contributed by atoms with E-state index < -0.39 is 20.0 Å². The smallest absolute Gasteiger partial charge is 0.207 e. The lowest BCUT2D eigenvalue weighted by Gasteiger charge is -2.26. The normalized spacial score (nSPS) is 16.4. The van der Waals surface area contributed by atoms with E-state index in [-0.39, 0.29) is 16.3 Å². The Morgan fingerprint density at radius 3 is 1.96 bits per heavy atom. The van der Waals surface area contributed by atoms with Gasteiger partial charge in [-0.05, 0) is 54.8 Å². The minimum absolute atomic E-state index is 0.0570. The molecule has 152 valence electrons. The van der Waals surface area contributed by atoms with E-state index in [1.54, 1.807) is 24.3 Å². The van der Waals surface area contributed by atoms with E-state index in [1.807, 2.05) is 0 Å². The molecule has 0 spiro atoms. The van der Waals surface area contributed by atoms with Crippen LogP contribution in [-0.2, 0) is 26.6 Å². The Bertz CT molecular complexity index is 1010. The molecule has 0 atom stereocenters. The fraction of sp³-hybridized carbons (Fsp3) is 0.368. The van der Waals surface area contributed by atoms with Crippen LogP contribution in [0.5, 0.6) is 0 Å². The highest BCUT2D eigenvalue weighted by Crippen LogP contribution is 2.23. The summed E-state index contributed by atoms with van der Waals surface area (Å²) in [6.07, 6.45) is 2.73. The average Bonchev–Trinajstić information content (AvgIpc) is 2.70. The maximum Gasteiger partial charge on any atom is 0.243 e. The molecular weight excluding hydrogens is 420 g/mol. The lowest BCUT2D eigenvalue weighted by atomic mass is 10.2. The van der Waals surface area contributed by atoms with Crippen molar-refractivity contribution in [1.82, 2.24) is 8.61 Å². The van der Waals surface area contributed by atoms with Gasteiger partial charge in [0, 0.05) is 31.7 Å². The van der Waals surface area contributed by atoms with Crippen LogP contribution in [0.15, 0.2) is 58.3 Å². The maximum atomic E-state index is 12.8. The summed E-state index contributed by atoms with van der Waals surface area (Å²) in [5.74, 6) is 0. The van der Waals surface area contributed by atoms with Crippen LogP contribution in [0.25, 0.3) is 0 Å². The molecule has 0 amide bonds. The van der Waals surface area contributed by atoms with Crippen LogP contribution in [-0.4, -0.2) is 45.6 Å². The molecule has 1 aliphatic rings. The van der Waals surface area contributed by atoms with Crippen molar-refractivity contribution >= 4 is 31.6 Å². The number of rotatable bonds is 6. The second kappa shape index (κ2) is 8.51. The molecule has 0 aromatic heterocycles. The van der Waals surface area contributed by atoms with Crippen molar-refractivity contribution in [2.45, 2.75) is 35.6 Å². The first-order chi connectivity index (χ1) is 13.2. The largest absolute Gasteiger partial charge is 0.243 e. The van der Waals surface area contributed by atoms with E-state index in [9.17, 15) is 16.8 Å². The summed E-state index contributed by atoms with van der Waals surface area (Å²) in [5.41, 5.74) is 0.805. The fourth-order valence-corrected chi connectivity index (χ4v) is 5.95. The van der Waals surface area contributed by atoms with Gasteiger partial charge in [0.2, 0.25) is 20.0 Å². The average molecular weight is 443 g/mol. The summed E-state index contributed by atoms with van der Waals surface area (Å²) in [7, 11) is -5.84. The van der Waals surface area contributed by atoms with Gasteiger partial charge in [0.15, 0.2) is 0 Å². The lowest BCUT2D eigenvalue weighted by molar-refractivity contribution is 0.346. The van der Waals surface area contributed by atoms with Gasteiger partial charge in [0.05, 0.1) is 9.79 Å². The molecule has 0 aliphatic carbocycles. The zero-order valence-electron chi connectivity index (χ0n) is 15.6. The number of nitrogens with zero attached hydrogens (tertiary/aromatic N) is 2. The molecule has 6 nitrogen and oxygen atoms in total. The molecule has 1 aliphatic heterocycles. The zero-order chi connectivity index (χ0) is 20.4. The van der Waals surface area contributed by atoms with E-state index in [2.05, 4.69) is 0 Å². The van der Waals surface area contributed by atoms with Crippen LogP contribution in [0.4, 0.5) is 0 Å². The fourth-order valence-electron chi connectivity index (χ4n) is 3.15. The molecule has 2 aromatic carbocycles. The van der Waals surface area contributed by atoms with Crippen LogP contribution < -0.4 is 0 Å². The van der Waals surface area contributed by atoms with Crippen molar-refractivity contribution in [2.24, 2.45) is 0 Å². The zero-order valence-corrected chi connectivity index (χ0v) is 18.0. The summed E-state index contributed by atoms with van der Waals surface area (Å²) < 4.78 is 53.7. The summed E-state index contributed by atoms with van der Waals surface area (Å²) in [6, 6.07) is 12.4. The van der Waals surface area contributed by atoms with Gasteiger partial charge in [-0.2, -0.15) is 8.61 Å². The SMILES string of the molecule is CN(Cc1ccc(Cl)cc1)S(=O)(=O)c1ccc(S(=O)(=O)N2CCCCC2)cc1. The monoisotopic (exact) mass is 442 g/mol. The highest BCUT2D eigenvalue weighted by Gasteiger charge is 2.27. The molecular formula is C19H23ClN2O4S2. The second-order valence-corrected chi connectivity index (χ2v) is 11.2. The minimum Gasteiger partial charge on any atom is -0.207 e. The summed E-state index contributed by atoms with van der Waals surface area (Å²) in [6.45, 7) is 1.20. The number of halogens is 1. The number of benzene rings is 2. The third-order valence-electron chi connectivity index (χ3n) is 4.80. The van der Waals surface area contributed by atoms with Gasteiger partial charge in [-0.3, -0.25) is 0 Å². The number of hydrogen-bond acceptors (Lipinski definition) is 4. The van der Waals surface area contributed by atoms with Gasteiger partial charge in [0.25, 0.3) is 0 Å². The Labute approximate surface area is 171 Å². The van der Waals surface area contributed by atoms with Crippen molar-refractivity contribution in [2.75, 3.05) is 20.1 Å². The Balaban J connectivity index is 1.78. The Morgan fingerprint density at radius 1 is 0.857 bits per heavy atom. The molecule has 9 heteroatoms. The molecule has 0 radical (unpaired) electrons. The number of sulfonamides is 2. The third-order valence-corrected chi connectivity index (χ3v) is 8.79. The Morgan fingerprint density at radius 2 is 1.39 bits per heavy atom. The van der Waals surface area contributed by atoms with Crippen LogP contribution in [0.2, 0.25) is 5.02 Å². The van der Waals surface area contributed by atoms with Gasteiger partial charge in [0.1, 0.15) is 0 Å². The topological polar surface area (TPSA) is 74.8 Å². The van der Waals surface area contributed by atoms with Gasteiger partial charge in [-0.15, -0.1) is 0 Å². The molecule has 0 saturated carbocycles. The van der Waals surface area contributed by atoms with E-state index in [4.69, 9.17) is 11.6 Å². The van der Waals surface area contributed by atoms with Crippen molar-refractivity contribution in [3.63, 3.8) is 0 Å². The Hall–Kier alpha value is -1.45. The lowest BCUT2D eigenvalue weighted by Crippen LogP contribution is -2.35. The van der Waals surface area contributed by atoms with Crippen LogP contribution in [0, 0.1) is 0 Å². The van der Waals surface area contributed by atoms with Crippen molar-refractivity contribution in [3.05, 3.63) is 59.1 Å². The third kappa shape index (κ3) is 4.58. The van der Waals surface area contributed by atoms with Crippen LogP contribution >= 0.6 is 11.6 Å². The van der Waals surface area contributed by atoms with Gasteiger partial charge >= 0.3 is 0 Å². The first-order valence-corrected chi connectivity index (χ1v) is 12.3. The van der Waals surface area contributed by atoms with Crippen molar-refractivity contribution in [3.8, 4) is 0 Å². The molecule has 3 rings (SSSR count). The van der Waals surface area contributed by atoms with E-state index in [0.29, 0.717) is 18.1 Å². The van der Waals surface area contributed by atoms with Crippen LogP contribution in [0.3, 0.4) is 0 Å². The Kier molecular flexibility index (Phi) is 6.46. The molecule has 0 N–H and O–H groups in total. The quantitative estimate of drug-likeness (QED) is 0.687. The predicted molar refractivity (Wildman–Crippen MR) is 109 cm³/mol. The van der Waals surface area contributed by atoms with E-state index in [0.717, 1.165) is 24.8 Å². The molecule has 1 fully saturated rings. The minimum atomic E-state index is -3.74. The van der Waals surface area contributed by atoms with Gasteiger partial charge < -0.3 is 0 Å². The molecule has 0 unspecified atom stereocenters. The molecule has 2 aromatic rings. The summed E-state index contributed by atoms with van der Waals surface area (Å²) >= 11 is 5.86. The summed E-state index contributed by atoms with van der Waals surface area (Å²) in [5, 5.41) is 0.583. The number of hydrogen-bond donors (Lipinski definition) is 0. The summed E-state index contributed by atoms with van der Waals surface area (Å²) in [4.78, 5) is 0.176. The highest BCUT2D eigenvalue weighted by atomic mass is 35.5. The standard InChI is InChI=1S/C19H23ClN2O4S2/c1-21(15-16-5-7-17(20)8-6-16)27(23,24)18-9-11-19(12-10-18)28(25,26)22-13-3-2-4-14-22/h5-12H,2-4,13-15H2,1H3.